The number of piperidine rings is 1. The minimum atomic E-state index is -0.229. The molecule has 2 atom stereocenters. The molecule has 1 aliphatic carbocycles. The molecule has 94 valence electrons. The van der Waals surface area contributed by atoms with Crippen molar-refractivity contribution in [2.45, 2.75) is 13.8 Å². The van der Waals surface area contributed by atoms with Crippen molar-refractivity contribution >= 4 is 34.8 Å². The van der Waals surface area contributed by atoms with Crippen LogP contribution < -0.4 is 10.6 Å². The first-order chi connectivity index (χ1) is 8.37. The smallest absolute Gasteiger partial charge is 0.239 e. The van der Waals surface area contributed by atoms with Crippen molar-refractivity contribution in [3.05, 3.63) is 11.8 Å². The molecule has 0 radical (unpaired) electrons. The molecule has 0 spiro atoms. The molecule has 18 heavy (non-hydrogen) atoms. The van der Waals surface area contributed by atoms with Crippen molar-refractivity contribution in [2.75, 3.05) is 4.90 Å². The predicted octanol–water partition coefficient (Wildman–Crippen LogP) is 0.189. The number of rotatable bonds is 2. The van der Waals surface area contributed by atoms with Crippen molar-refractivity contribution in [1.82, 2.24) is 10.2 Å². The van der Waals surface area contributed by atoms with Gasteiger partial charge in [-0.3, -0.25) is 14.7 Å². The monoisotopic (exact) mass is 264 g/mol. The van der Waals surface area contributed by atoms with Gasteiger partial charge in [-0.1, -0.05) is 26.1 Å². The third-order valence-electron chi connectivity index (χ3n) is 3.91. The van der Waals surface area contributed by atoms with Crippen LogP contribution in [0, 0.1) is 17.3 Å². The second-order valence-corrected chi connectivity index (χ2v) is 5.72. The maximum Gasteiger partial charge on any atom is 0.239 e. The molecule has 2 aliphatic rings. The number of nitrogens with zero attached hydrogens (tertiary/aromatic N) is 2. The van der Waals surface area contributed by atoms with E-state index < -0.39 is 0 Å². The number of anilines is 1. The fraction of sp³-hybridized carbons (Fsp3) is 0.455. The number of aromatic nitrogens is 2. The van der Waals surface area contributed by atoms with Crippen LogP contribution in [0.2, 0.25) is 0 Å². The zero-order chi connectivity index (χ0) is 13.2. The normalized spacial score (nSPS) is 28.4. The van der Waals surface area contributed by atoms with Gasteiger partial charge in [0, 0.05) is 0 Å². The molecule has 2 amide bonds. The lowest BCUT2D eigenvalue weighted by atomic mass is 10.1. The average molecular weight is 264 g/mol. The molecular formula is C11H12N4O2S. The van der Waals surface area contributed by atoms with Gasteiger partial charge >= 0.3 is 0 Å². The van der Waals surface area contributed by atoms with E-state index in [1.165, 1.54) is 6.20 Å². The number of amides is 2. The van der Waals surface area contributed by atoms with Crippen LogP contribution in [0.3, 0.4) is 0 Å². The summed E-state index contributed by atoms with van der Waals surface area (Å²) in [6.45, 7) is 3.85. The Morgan fingerprint density at radius 1 is 1.44 bits per heavy atom. The van der Waals surface area contributed by atoms with E-state index in [0.29, 0.717) is 11.4 Å². The molecule has 1 aliphatic heterocycles. The zero-order valence-electron chi connectivity index (χ0n) is 9.93. The number of fused-ring (bicyclic) bond motifs is 1. The van der Waals surface area contributed by atoms with Gasteiger partial charge in [-0.25, -0.2) is 4.90 Å². The lowest BCUT2D eigenvalue weighted by molar-refractivity contribution is -0.125. The number of thiocarbonyl (C=S) groups is 1. The van der Waals surface area contributed by atoms with Crippen molar-refractivity contribution < 1.29 is 9.59 Å². The van der Waals surface area contributed by atoms with Crippen LogP contribution in [0.25, 0.3) is 0 Å². The molecule has 7 heteroatoms. The van der Waals surface area contributed by atoms with E-state index in [2.05, 4.69) is 10.2 Å². The summed E-state index contributed by atoms with van der Waals surface area (Å²) in [5, 5.41) is 6.42. The molecule has 1 aromatic heterocycles. The summed E-state index contributed by atoms with van der Waals surface area (Å²) < 4.78 is 0. The largest absolute Gasteiger partial charge is 0.389 e. The highest BCUT2D eigenvalue weighted by Crippen LogP contribution is 2.63. The summed E-state index contributed by atoms with van der Waals surface area (Å²) in [7, 11) is 0. The van der Waals surface area contributed by atoms with Gasteiger partial charge in [0.2, 0.25) is 11.8 Å². The van der Waals surface area contributed by atoms with Crippen molar-refractivity contribution in [1.29, 1.82) is 0 Å². The number of hydrogen-bond donors (Lipinski definition) is 2. The molecule has 3 N–H and O–H groups in total. The number of nitrogens with one attached hydrogen (secondary N) is 1. The van der Waals surface area contributed by atoms with Gasteiger partial charge < -0.3 is 5.73 Å². The van der Waals surface area contributed by atoms with Crippen LogP contribution in [-0.4, -0.2) is 27.0 Å². The fourth-order valence-electron chi connectivity index (χ4n) is 2.80. The third-order valence-corrected chi connectivity index (χ3v) is 4.13. The first-order valence-electron chi connectivity index (χ1n) is 5.58. The van der Waals surface area contributed by atoms with Crippen LogP contribution in [-0.2, 0) is 9.59 Å². The van der Waals surface area contributed by atoms with Crippen LogP contribution in [0.5, 0.6) is 0 Å². The Bertz CT molecular complexity index is 568. The van der Waals surface area contributed by atoms with Crippen LogP contribution >= 0.6 is 12.2 Å². The average Bonchev–Trinajstić information content (AvgIpc) is 2.64. The Hall–Kier alpha value is -1.76. The van der Waals surface area contributed by atoms with E-state index in [9.17, 15) is 9.59 Å². The van der Waals surface area contributed by atoms with E-state index in [0.717, 1.165) is 4.90 Å². The van der Waals surface area contributed by atoms with E-state index in [1.807, 2.05) is 13.8 Å². The molecule has 2 fully saturated rings. The Kier molecular flexibility index (Phi) is 1.99. The SMILES string of the molecule is CC1(C)C2C(=O)N(c3[nH]ncc3C(N)=S)C(=O)C21. The zero-order valence-corrected chi connectivity index (χ0v) is 10.7. The predicted molar refractivity (Wildman–Crippen MR) is 67.7 cm³/mol. The van der Waals surface area contributed by atoms with E-state index in [1.54, 1.807) is 0 Å². The minimum Gasteiger partial charge on any atom is -0.389 e. The quantitative estimate of drug-likeness (QED) is 0.587. The first kappa shape index (κ1) is 11.3. The maximum atomic E-state index is 12.2. The lowest BCUT2D eigenvalue weighted by Crippen LogP contribution is -2.37. The maximum absolute atomic E-state index is 12.2. The van der Waals surface area contributed by atoms with Crippen LogP contribution in [0.1, 0.15) is 19.4 Å². The van der Waals surface area contributed by atoms with Crippen molar-refractivity contribution in [2.24, 2.45) is 23.0 Å². The first-order valence-corrected chi connectivity index (χ1v) is 5.99. The number of H-pyrrole nitrogens is 1. The number of aromatic amines is 1. The Balaban J connectivity index is 2.01. The van der Waals surface area contributed by atoms with E-state index in [-0.39, 0.29) is 34.1 Å². The number of hydrogen-bond acceptors (Lipinski definition) is 4. The Morgan fingerprint density at radius 3 is 2.50 bits per heavy atom. The molecule has 2 unspecified atom stereocenters. The van der Waals surface area contributed by atoms with Gasteiger partial charge in [-0.15, -0.1) is 0 Å². The molecular weight excluding hydrogens is 252 g/mol. The molecule has 1 aromatic rings. The third kappa shape index (κ3) is 1.17. The van der Waals surface area contributed by atoms with Crippen LogP contribution in [0.15, 0.2) is 6.20 Å². The topological polar surface area (TPSA) is 92.1 Å². The second-order valence-electron chi connectivity index (χ2n) is 5.29. The standard InChI is InChI=1S/C11H12N4O2S/c1-11(2)5-6(11)10(17)15(9(5)16)8-4(7(12)18)3-13-14-8/h3,5-6H,1-2H3,(H2,12,18)(H,13,14). The number of carbonyl (C=O) groups excluding carboxylic acids is 2. The summed E-state index contributed by atoms with van der Waals surface area (Å²) in [4.78, 5) is 25.7. The highest BCUT2D eigenvalue weighted by molar-refractivity contribution is 7.80. The number of carbonyl (C=O) groups is 2. The summed E-state index contributed by atoms with van der Waals surface area (Å²) >= 11 is 4.87. The van der Waals surface area contributed by atoms with Gasteiger partial charge in [0.1, 0.15) is 10.8 Å². The Labute approximate surface area is 109 Å². The molecule has 1 saturated heterocycles. The van der Waals surface area contributed by atoms with Crippen molar-refractivity contribution in [3.8, 4) is 0 Å². The van der Waals surface area contributed by atoms with Gasteiger partial charge in [-0.05, 0) is 5.41 Å². The van der Waals surface area contributed by atoms with E-state index >= 15 is 0 Å². The van der Waals surface area contributed by atoms with Gasteiger partial charge in [0.15, 0.2) is 0 Å². The number of nitrogens with two attached hydrogens (primary N) is 1. The molecule has 3 rings (SSSR count). The number of imide groups is 1. The minimum absolute atomic E-state index is 0.110. The summed E-state index contributed by atoms with van der Waals surface area (Å²) in [6.07, 6.45) is 1.42. The van der Waals surface area contributed by atoms with Gasteiger partial charge in [-0.2, -0.15) is 5.10 Å². The molecule has 6 nitrogen and oxygen atoms in total. The van der Waals surface area contributed by atoms with Gasteiger partial charge in [0.05, 0.1) is 23.6 Å². The second kappa shape index (κ2) is 3.17. The lowest BCUT2D eigenvalue weighted by Gasteiger charge is -2.19. The van der Waals surface area contributed by atoms with E-state index in [4.69, 9.17) is 18.0 Å². The Morgan fingerprint density at radius 2 is 2.00 bits per heavy atom. The highest BCUT2D eigenvalue weighted by atomic mass is 32.1. The van der Waals surface area contributed by atoms with Crippen molar-refractivity contribution in [3.63, 3.8) is 0 Å². The fourth-order valence-corrected chi connectivity index (χ4v) is 2.95. The van der Waals surface area contributed by atoms with Gasteiger partial charge in [0.25, 0.3) is 0 Å². The summed E-state index contributed by atoms with van der Waals surface area (Å²) in [5.41, 5.74) is 5.73. The summed E-state index contributed by atoms with van der Waals surface area (Å²) in [6, 6.07) is 0. The molecule has 0 bridgehead atoms. The summed E-state index contributed by atoms with van der Waals surface area (Å²) in [5.74, 6) is -0.561. The molecule has 0 aromatic carbocycles. The molecule has 1 saturated carbocycles. The van der Waals surface area contributed by atoms with Crippen LogP contribution in [0.4, 0.5) is 5.82 Å². The molecule has 2 heterocycles. The highest BCUT2D eigenvalue weighted by Gasteiger charge is 2.73.